The summed E-state index contributed by atoms with van der Waals surface area (Å²) in [5, 5.41) is 8.89. The maximum absolute atomic E-state index is 11.9. The Morgan fingerprint density at radius 1 is 1.38 bits per heavy atom. The monoisotopic (exact) mass is 320 g/mol. The SMILES string of the molecule is NC(=O)CC[C@@H](NS(=O)(=O)c1c[nH]c(=O)[nH]c1=O)C(=O)O. The van der Waals surface area contributed by atoms with Crippen molar-refractivity contribution in [2.24, 2.45) is 5.73 Å². The lowest BCUT2D eigenvalue weighted by Gasteiger charge is -2.13. The number of sulfonamides is 1. The molecular formula is C9H12N4O7S. The summed E-state index contributed by atoms with van der Waals surface area (Å²) in [5.74, 6) is -2.34. The van der Waals surface area contributed by atoms with Crippen molar-refractivity contribution in [3.8, 4) is 0 Å². The van der Waals surface area contributed by atoms with Gasteiger partial charge in [0.25, 0.3) is 5.56 Å². The Labute approximate surface area is 117 Å². The van der Waals surface area contributed by atoms with Crippen molar-refractivity contribution >= 4 is 21.9 Å². The molecule has 0 saturated carbocycles. The number of aromatic amines is 2. The van der Waals surface area contributed by atoms with Crippen LogP contribution in [0.15, 0.2) is 20.7 Å². The summed E-state index contributed by atoms with van der Waals surface area (Å²) < 4.78 is 25.5. The maximum atomic E-state index is 11.9. The van der Waals surface area contributed by atoms with Crippen LogP contribution < -0.4 is 21.7 Å². The Hall–Kier alpha value is -2.47. The third-order valence-electron chi connectivity index (χ3n) is 2.35. The molecule has 0 spiro atoms. The third kappa shape index (κ3) is 4.54. The van der Waals surface area contributed by atoms with E-state index >= 15 is 0 Å². The van der Waals surface area contributed by atoms with Crippen LogP contribution in [-0.4, -0.2) is 41.4 Å². The van der Waals surface area contributed by atoms with Crippen LogP contribution in [0.1, 0.15) is 12.8 Å². The van der Waals surface area contributed by atoms with Crippen LogP contribution >= 0.6 is 0 Å². The van der Waals surface area contributed by atoms with E-state index in [4.69, 9.17) is 10.8 Å². The Morgan fingerprint density at radius 2 is 2.00 bits per heavy atom. The van der Waals surface area contributed by atoms with Crippen LogP contribution in [0.25, 0.3) is 0 Å². The van der Waals surface area contributed by atoms with Gasteiger partial charge in [0.05, 0.1) is 0 Å². The molecule has 6 N–H and O–H groups in total. The van der Waals surface area contributed by atoms with Crippen molar-refractivity contribution in [2.45, 2.75) is 23.8 Å². The van der Waals surface area contributed by atoms with Crippen molar-refractivity contribution in [1.29, 1.82) is 0 Å². The standard InChI is InChI=1S/C9H12N4O7S/c10-6(14)2-1-4(8(16)17)13-21(19,20)5-3-11-9(18)12-7(5)15/h3-4,13H,1-2H2,(H2,10,14)(H,16,17)(H2,11,12,15,18)/t4-/m1/s1. The largest absolute Gasteiger partial charge is 0.480 e. The number of carboxylic acid groups (broad SMARTS) is 1. The Bertz CT molecular complexity index is 763. The van der Waals surface area contributed by atoms with E-state index in [0.717, 1.165) is 0 Å². The van der Waals surface area contributed by atoms with Gasteiger partial charge >= 0.3 is 11.7 Å². The van der Waals surface area contributed by atoms with Gasteiger partial charge in [-0.2, -0.15) is 4.72 Å². The van der Waals surface area contributed by atoms with Gasteiger partial charge in [0, 0.05) is 12.6 Å². The smallest absolute Gasteiger partial charge is 0.325 e. The first-order valence-electron chi connectivity index (χ1n) is 5.49. The van der Waals surface area contributed by atoms with Gasteiger partial charge in [-0.05, 0) is 6.42 Å². The minimum absolute atomic E-state index is 0.360. The Balaban J connectivity index is 3.06. The molecule has 0 radical (unpaired) electrons. The number of carbonyl (C=O) groups excluding carboxylic acids is 1. The van der Waals surface area contributed by atoms with Gasteiger partial charge in [-0.25, -0.2) is 13.2 Å². The zero-order valence-corrected chi connectivity index (χ0v) is 11.3. The fourth-order valence-corrected chi connectivity index (χ4v) is 2.60. The molecule has 0 aliphatic heterocycles. The number of carbonyl (C=O) groups is 2. The zero-order chi connectivity index (χ0) is 16.2. The molecule has 1 aromatic heterocycles. The molecular weight excluding hydrogens is 308 g/mol. The molecule has 21 heavy (non-hydrogen) atoms. The second kappa shape index (κ2) is 6.32. The van der Waals surface area contributed by atoms with E-state index in [2.05, 4.69) is 0 Å². The van der Waals surface area contributed by atoms with Crippen molar-refractivity contribution in [3.05, 3.63) is 27.0 Å². The first-order chi connectivity index (χ1) is 9.63. The van der Waals surface area contributed by atoms with Gasteiger partial charge in [0.2, 0.25) is 15.9 Å². The van der Waals surface area contributed by atoms with E-state index in [-0.39, 0.29) is 12.8 Å². The Kier molecular flexibility index (Phi) is 4.99. The number of primary amides is 1. The summed E-state index contributed by atoms with van der Waals surface area (Å²) in [6.45, 7) is 0. The number of nitrogens with one attached hydrogen (secondary N) is 3. The Morgan fingerprint density at radius 3 is 2.48 bits per heavy atom. The van der Waals surface area contributed by atoms with Crippen LogP contribution in [0, 0.1) is 0 Å². The molecule has 1 aromatic rings. The lowest BCUT2D eigenvalue weighted by atomic mass is 10.2. The molecule has 12 heteroatoms. The van der Waals surface area contributed by atoms with Crippen LogP contribution in [0.2, 0.25) is 0 Å². The van der Waals surface area contributed by atoms with E-state index in [0.29, 0.717) is 6.20 Å². The maximum Gasteiger partial charge on any atom is 0.325 e. The van der Waals surface area contributed by atoms with E-state index in [9.17, 15) is 27.6 Å². The molecule has 1 rings (SSSR count). The number of aliphatic carboxylic acids is 1. The molecule has 1 atom stereocenters. The molecule has 0 fully saturated rings. The van der Waals surface area contributed by atoms with E-state index in [1.807, 2.05) is 4.98 Å². The topological polar surface area (TPSA) is 192 Å². The number of rotatable bonds is 7. The normalized spacial score (nSPS) is 12.8. The van der Waals surface area contributed by atoms with Crippen molar-refractivity contribution in [1.82, 2.24) is 14.7 Å². The van der Waals surface area contributed by atoms with Crippen molar-refractivity contribution < 1.29 is 23.1 Å². The summed E-state index contributed by atoms with van der Waals surface area (Å²) in [7, 11) is -4.50. The van der Waals surface area contributed by atoms with Crippen molar-refractivity contribution in [3.63, 3.8) is 0 Å². The molecule has 0 aromatic carbocycles. The summed E-state index contributed by atoms with van der Waals surface area (Å²) in [6, 6.07) is -1.64. The highest BCUT2D eigenvalue weighted by molar-refractivity contribution is 7.89. The number of amides is 1. The molecule has 0 aliphatic rings. The third-order valence-corrected chi connectivity index (χ3v) is 3.83. The van der Waals surface area contributed by atoms with E-state index in [1.165, 1.54) is 0 Å². The van der Waals surface area contributed by atoms with Crippen LogP contribution in [0.4, 0.5) is 0 Å². The lowest BCUT2D eigenvalue weighted by Crippen LogP contribution is -2.43. The first-order valence-corrected chi connectivity index (χ1v) is 6.97. The van der Waals surface area contributed by atoms with Gasteiger partial charge in [-0.3, -0.25) is 19.4 Å². The van der Waals surface area contributed by atoms with Gasteiger partial charge in [-0.1, -0.05) is 0 Å². The summed E-state index contributed by atoms with van der Waals surface area (Å²) in [6.07, 6.45) is -0.108. The van der Waals surface area contributed by atoms with Crippen LogP contribution in [0.3, 0.4) is 0 Å². The van der Waals surface area contributed by atoms with Gasteiger partial charge in [0.1, 0.15) is 6.04 Å². The average molecular weight is 320 g/mol. The number of carboxylic acids is 1. The van der Waals surface area contributed by atoms with E-state index < -0.39 is 44.1 Å². The number of H-pyrrole nitrogens is 2. The fourth-order valence-electron chi connectivity index (χ4n) is 1.37. The molecule has 0 saturated heterocycles. The highest BCUT2D eigenvalue weighted by atomic mass is 32.2. The number of nitrogens with two attached hydrogens (primary N) is 1. The molecule has 11 nitrogen and oxygen atoms in total. The number of hydrogen-bond donors (Lipinski definition) is 5. The highest BCUT2D eigenvalue weighted by Gasteiger charge is 2.27. The van der Waals surface area contributed by atoms with Gasteiger partial charge in [0.15, 0.2) is 4.90 Å². The lowest BCUT2D eigenvalue weighted by molar-refractivity contribution is -0.139. The quantitative estimate of drug-likeness (QED) is 0.354. The minimum Gasteiger partial charge on any atom is -0.480 e. The molecule has 0 bridgehead atoms. The predicted molar refractivity (Wildman–Crippen MR) is 67.9 cm³/mol. The second-order valence-corrected chi connectivity index (χ2v) is 5.64. The zero-order valence-electron chi connectivity index (χ0n) is 10.5. The molecule has 0 aliphatic carbocycles. The first kappa shape index (κ1) is 16.6. The second-order valence-electron chi connectivity index (χ2n) is 3.95. The van der Waals surface area contributed by atoms with Crippen molar-refractivity contribution in [2.75, 3.05) is 0 Å². The number of aromatic nitrogens is 2. The predicted octanol–water partition coefficient (Wildman–Crippen LogP) is -2.94. The van der Waals surface area contributed by atoms with Gasteiger partial charge < -0.3 is 15.8 Å². The van der Waals surface area contributed by atoms with Gasteiger partial charge in [-0.15, -0.1) is 0 Å². The molecule has 116 valence electrons. The molecule has 1 heterocycles. The number of hydrogen-bond acceptors (Lipinski definition) is 6. The summed E-state index contributed by atoms with van der Waals surface area (Å²) in [4.78, 5) is 46.5. The summed E-state index contributed by atoms with van der Waals surface area (Å²) in [5.41, 5.74) is 2.73. The molecule has 1 amide bonds. The van der Waals surface area contributed by atoms with E-state index in [1.54, 1.807) is 9.71 Å². The average Bonchev–Trinajstić information content (AvgIpc) is 2.33. The molecule has 0 unspecified atom stereocenters. The highest BCUT2D eigenvalue weighted by Crippen LogP contribution is 2.04. The van der Waals surface area contributed by atoms with Crippen LogP contribution in [-0.2, 0) is 19.6 Å². The minimum atomic E-state index is -4.50. The van der Waals surface area contributed by atoms with Crippen LogP contribution in [0.5, 0.6) is 0 Å². The fraction of sp³-hybridized carbons (Fsp3) is 0.333. The summed E-state index contributed by atoms with van der Waals surface area (Å²) >= 11 is 0.